The maximum absolute atomic E-state index is 5.96. The number of hydrogen-bond acceptors (Lipinski definition) is 3. The maximum Gasteiger partial charge on any atom is 0.205 e. The average Bonchev–Trinajstić information content (AvgIpc) is 2.66. The minimum atomic E-state index is -0.675. The summed E-state index contributed by atoms with van der Waals surface area (Å²) in [6.07, 6.45) is 0.185. The minimum absolute atomic E-state index is 0.0923. The van der Waals surface area contributed by atoms with Crippen LogP contribution in [0.25, 0.3) is 0 Å². The zero-order valence-corrected chi connectivity index (χ0v) is 11.9. The van der Waals surface area contributed by atoms with Gasteiger partial charge in [0.2, 0.25) is 5.79 Å². The summed E-state index contributed by atoms with van der Waals surface area (Å²) < 4.78 is 17.1. The Morgan fingerprint density at radius 1 is 1.18 bits per heavy atom. The third kappa shape index (κ3) is 2.34. The van der Waals surface area contributed by atoms with Gasteiger partial charge in [0.05, 0.1) is 24.6 Å². The predicted octanol–water partition coefficient (Wildman–Crippen LogP) is 3.07. The van der Waals surface area contributed by atoms with E-state index < -0.39 is 5.79 Å². The Labute approximate surface area is 110 Å². The van der Waals surface area contributed by atoms with Crippen LogP contribution in [0.15, 0.2) is 24.3 Å². The summed E-state index contributed by atoms with van der Waals surface area (Å²) in [5, 5.41) is 0.612. The fourth-order valence-corrected chi connectivity index (χ4v) is 2.53. The van der Waals surface area contributed by atoms with Crippen molar-refractivity contribution in [2.45, 2.75) is 31.8 Å². The molecular weight excluding hydrogens is 284 g/mol. The van der Waals surface area contributed by atoms with Crippen LogP contribution in [0.1, 0.15) is 19.4 Å². The molecule has 1 aliphatic rings. The van der Waals surface area contributed by atoms with E-state index in [0.717, 1.165) is 11.3 Å². The molecule has 2 atom stereocenters. The van der Waals surface area contributed by atoms with E-state index in [1.54, 1.807) is 7.11 Å². The first-order valence-corrected chi connectivity index (χ1v) is 6.79. The zero-order chi connectivity index (χ0) is 12.5. The lowest BCUT2D eigenvalue weighted by Crippen LogP contribution is -2.29. The molecule has 0 radical (unpaired) electrons. The lowest BCUT2D eigenvalue weighted by molar-refractivity contribution is -0.161. The van der Waals surface area contributed by atoms with Crippen LogP contribution in [0.4, 0.5) is 0 Å². The van der Waals surface area contributed by atoms with Gasteiger partial charge >= 0.3 is 0 Å². The third-order valence-corrected chi connectivity index (χ3v) is 3.86. The summed E-state index contributed by atoms with van der Waals surface area (Å²) in [5.74, 6) is 0.156. The molecule has 1 aliphatic heterocycles. The van der Waals surface area contributed by atoms with Crippen LogP contribution < -0.4 is 4.74 Å². The van der Waals surface area contributed by atoms with Crippen LogP contribution in [0.3, 0.4) is 0 Å². The Kier molecular flexibility index (Phi) is 3.76. The Morgan fingerprint density at radius 2 is 1.71 bits per heavy atom. The molecular formula is C13H17BrO3. The highest BCUT2D eigenvalue weighted by molar-refractivity contribution is 9.09. The maximum atomic E-state index is 5.96. The molecule has 0 spiro atoms. The van der Waals surface area contributed by atoms with Crippen LogP contribution in [0.2, 0.25) is 0 Å². The molecule has 1 heterocycles. The number of ether oxygens (including phenoxy) is 3. The van der Waals surface area contributed by atoms with E-state index in [4.69, 9.17) is 14.2 Å². The van der Waals surface area contributed by atoms with Gasteiger partial charge in [0.15, 0.2) is 0 Å². The van der Waals surface area contributed by atoms with Crippen LogP contribution in [-0.4, -0.2) is 24.6 Å². The molecule has 1 fully saturated rings. The van der Waals surface area contributed by atoms with Gasteiger partial charge in [-0.15, -0.1) is 0 Å². The van der Waals surface area contributed by atoms with Crippen LogP contribution in [-0.2, 0) is 15.3 Å². The average molecular weight is 301 g/mol. The van der Waals surface area contributed by atoms with Gasteiger partial charge in [-0.05, 0) is 38.1 Å². The Morgan fingerprint density at radius 3 is 2.12 bits per heavy atom. The molecule has 2 rings (SSSR count). The molecule has 0 saturated carbocycles. The Balaban J connectivity index is 2.29. The first kappa shape index (κ1) is 12.9. The van der Waals surface area contributed by atoms with Gasteiger partial charge in [-0.2, -0.15) is 0 Å². The quantitative estimate of drug-likeness (QED) is 0.803. The van der Waals surface area contributed by atoms with E-state index in [1.807, 2.05) is 38.1 Å². The van der Waals surface area contributed by atoms with E-state index in [-0.39, 0.29) is 12.2 Å². The number of benzene rings is 1. The monoisotopic (exact) mass is 300 g/mol. The smallest absolute Gasteiger partial charge is 0.205 e. The molecule has 1 saturated heterocycles. The zero-order valence-electron chi connectivity index (χ0n) is 10.3. The Hall–Kier alpha value is -0.580. The molecule has 17 heavy (non-hydrogen) atoms. The normalized spacial score (nSPS) is 32.7. The van der Waals surface area contributed by atoms with Gasteiger partial charge in [0, 0.05) is 5.56 Å². The van der Waals surface area contributed by atoms with Crippen LogP contribution >= 0.6 is 15.9 Å². The van der Waals surface area contributed by atoms with Gasteiger partial charge in [-0.1, -0.05) is 15.9 Å². The third-order valence-electron chi connectivity index (χ3n) is 3.12. The van der Waals surface area contributed by atoms with E-state index >= 15 is 0 Å². The Bertz CT molecular complexity index is 367. The molecule has 0 bridgehead atoms. The number of halogens is 1. The van der Waals surface area contributed by atoms with Gasteiger partial charge in [-0.3, -0.25) is 0 Å². The molecule has 4 heteroatoms. The van der Waals surface area contributed by atoms with Crippen molar-refractivity contribution in [3.63, 3.8) is 0 Å². The van der Waals surface area contributed by atoms with Crippen molar-refractivity contribution in [3.05, 3.63) is 29.8 Å². The highest BCUT2D eigenvalue weighted by Crippen LogP contribution is 2.39. The minimum Gasteiger partial charge on any atom is -0.497 e. The first-order chi connectivity index (χ1) is 8.11. The standard InChI is InChI=1S/C13H17BrO3/c1-9-10(2)17-13(8-14,16-9)11-4-6-12(15-3)7-5-11/h4-7,9-10H,8H2,1-3H3. The lowest BCUT2D eigenvalue weighted by Gasteiger charge is -2.26. The fraction of sp³-hybridized carbons (Fsp3) is 0.538. The summed E-state index contributed by atoms with van der Waals surface area (Å²) in [6, 6.07) is 7.79. The molecule has 3 nitrogen and oxygen atoms in total. The van der Waals surface area contributed by atoms with Crippen LogP contribution in [0.5, 0.6) is 5.75 Å². The second kappa shape index (κ2) is 4.96. The summed E-state index contributed by atoms with van der Waals surface area (Å²) in [4.78, 5) is 0. The van der Waals surface area contributed by atoms with E-state index in [1.165, 1.54) is 0 Å². The summed E-state index contributed by atoms with van der Waals surface area (Å²) in [6.45, 7) is 4.05. The summed E-state index contributed by atoms with van der Waals surface area (Å²) in [5.41, 5.74) is 1.01. The van der Waals surface area contributed by atoms with E-state index in [9.17, 15) is 0 Å². The topological polar surface area (TPSA) is 27.7 Å². The molecule has 0 N–H and O–H groups in total. The molecule has 0 aromatic heterocycles. The van der Waals surface area contributed by atoms with Crippen molar-refractivity contribution in [3.8, 4) is 5.75 Å². The molecule has 94 valence electrons. The molecule has 0 aliphatic carbocycles. The number of methoxy groups -OCH3 is 1. The number of hydrogen-bond donors (Lipinski definition) is 0. The SMILES string of the molecule is COc1ccc(C2(CBr)OC(C)C(C)O2)cc1. The lowest BCUT2D eigenvalue weighted by atomic mass is 10.1. The number of rotatable bonds is 3. The van der Waals surface area contributed by atoms with E-state index in [0.29, 0.717) is 5.33 Å². The molecule has 1 aromatic rings. The molecule has 1 aromatic carbocycles. The van der Waals surface area contributed by atoms with Crippen molar-refractivity contribution in [1.29, 1.82) is 0 Å². The van der Waals surface area contributed by atoms with Crippen LogP contribution in [0, 0.1) is 0 Å². The van der Waals surface area contributed by atoms with Gasteiger partial charge in [0.25, 0.3) is 0 Å². The van der Waals surface area contributed by atoms with Gasteiger partial charge < -0.3 is 14.2 Å². The summed E-state index contributed by atoms with van der Waals surface area (Å²) in [7, 11) is 1.65. The predicted molar refractivity (Wildman–Crippen MR) is 69.6 cm³/mol. The first-order valence-electron chi connectivity index (χ1n) is 5.67. The molecule has 0 amide bonds. The summed E-state index contributed by atoms with van der Waals surface area (Å²) >= 11 is 3.48. The van der Waals surface area contributed by atoms with Gasteiger partial charge in [-0.25, -0.2) is 0 Å². The fourth-order valence-electron chi connectivity index (χ4n) is 1.94. The van der Waals surface area contributed by atoms with Crippen molar-refractivity contribution in [2.24, 2.45) is 0 Å². The number of alkyl halides is 1. The second-order valence-electron chi connectivity index (χ2n) is 4.26. The molecule has 2 unspecified atom stereocenters. The second-order valence-corrected chi connectivity index (χ2v) is 4.82. The van der Waals surface area contributed by atoms with Gasteiger partial charge in [0.1, 0.15) is 5.75 Å². The van der Waals surface area contributed by atoms with E-state index in [2.05, 4.69) is 15.9 Å². The van der Waals surface area contributed by atoms with Crippen molar-refractivity contribution in [2.75, 3.05) is 12.4 Å². The largest absolute Gasteiger partial charge is 0.497 e. The highest BCUT2D eigenvalue weighted by Gasteiger charge is 2.44. The van der Waals surface area contributed by atoms with Crippen molar-refractivity contribution >= 4 is 15.9 Å². The highest BCUT2D eigenvalue weighted by atomic mass is 79.9. The van der Waals surface area contributed by atoms with Crippen molar-refractivity contribution < 1.29 is 14.2 Å². The van der Waals surface area contributed by atoms with Crippen molar-refractivity contribution in [1.82, 2.24) is 0 Å².